The molecular formula is C20H26ClIN4O2. The van der Waals surface area contributed by atoms with Gasteiger partial charge in [-0.15, -0.1) is 24.0 Å². The van der Waals surface area contributed by atoms with Crippen LogP contribution in [0.1, 0.15) is 22.8 Å². The molecule has 2 rings (SSSR count). The van der Waals surface area contributed by atoms with E-state index in [4.69, 9.17) is 16.3 Å². The number of amides is 1. The molecule has 2 aromatic carbocycles. The van der Waals surface area contributed by atoms with Gasteiger partial charge in [0.2, 0.25) is 0 Å². The third-order valence-corrected chi connectivity index (χ3v) is 3.96. The third kappa shape index (κ3) is 8.35. The first-order valence-electron chi connectivity index (χ1n) is 8.81. The van der Waals surface area contributed by atoms with E-state index in [2.05, 4.69) is 20.9 Å². The first-order valence-corrected chi connectivity index (χ1v) is 9.19. The van der Waals surface area contributed by atoms with Crippen molar-refractivity contribution in [2.75, 3.05) is 26.7 Å². The van der Waals surface area contributed by atoms with Crippen LogP contribution in [0.25, 0.3) is 0 Å². The summed E-state index contributed by atoms with van der Waals surface area (Å²) in [6.07, 6.45) is 0. The summed E-state index contributed by atoms with van der Waals surface area (Å²) >= 11 is 5.89. The number of benzene rings is 2. The van der Waals surface area contributed by atoms with E-state index in [1.165, 1.54) is 0 Å². The van der Waals surface area contributed by atoms with Crippen molar-refractivity contribution in [3.05, 3.63) is 64.7 Å². The van der Waals surface area contributed by atoms with E-state index in [-0.39, 0.29) is 29.9 Å². The summed E-state index contributed by atoms with van der Waals surface area (Å²) < 4.78 is 5.14. The molecule has 2 aromatic rings. The minimum atomic E-state index is -0.140. The van der Waals surface area contributed by atoms with Gasteiger partial charge in [0.1, 0.15) is 5.75 Å². The number of guanidine groups is 1. The van der Waals surface area contributed by atoms with Crippen LogP contribution < -0.4 is 20.7 Å². The Bertz CT molecular complexity index is 769. The van der Waals surface area contributed by atoms with Crippen molar-refractivity contribution in [3.63, 3.8) is 0 Å². The lowest BCUT2D eigenvalue weighted by Gasteiger charge is -2.12. The third-order valence-electron chi connectivity index (χ3n) is 3.71. The molecule has 0 aliphatic rings. The lowest BCUT2D eigenvalue weighted by Crippen LogP contribution is -2.41. The number of carbonyl (C=O) groups excluding carboxylic acids is 1. The van der Waals surface area contributed by atoms with Crippen LogP contribution in [0.4, 0.5) is 0 Å². The van der Waals surface area contributed by atoms with E-state index in [1.54, 1.807) is 31.4 Å². The monoisotopic (exact) mass is 516 g/mol. The van der Waals surface area contributed by atoms with Crippen LogP contribution in [0.3, 0.4) is 0 Å². The number of nitrogens with zero attached hydrogens (tertiary/aromatic N) is 1. The van der Waals surface area contributed by atoms with Gasteiger partial charge in [-0.25, -0.2) is 4.99 Å². The number of methoxy groups -OCH3 is 1. The van der Waals surface area contributed by atoms with Crippen molar-refractivity contribution < 1.29 is 9.53 Å². The van der Waals surface area contributed by atoms with Crippen LogP contribution in [0.5, 0.6) is 5.75 Å². The van der Waals surface area contributed by atoms with E-state index >= 15 is 0 Å². The summed E-state index contributed by atoms with van der Waals surface area (Å²) in [6, 6.07) is 14.6. The Morgan fingerprint density at radius 1 is 1.07 bits per heavy atom. The summed E-state index contributed by atoms with van der Waals surface area (Å²) in [6.45, 7) is 4.33. The highest BCUT2D eigenvalue weighted by Crippen LogP contribution is 2.12. The highest BCUT2D eigenvalue weighted by molar-refractivity contribution is 14.0. The van der Waals surface area contributed by atoms with Gasteiger partial charge in [-0.05, 0) is 42.8 Å². The summed E-state index contributed by atoms with van der Waals surface area (Å²) in [5.41, 5.74) is 1.64. The maximum absolute atomic E-state index is 12.2. The summed E-state index contributed by atoms with van der Waals surface area (Å²) in [7, 11) is 1.58. The maximum Gasteiger partial charge on any atom is 0.251 e. The number of ether oxygens (including phenoxy) is 1. The van der Waals surface area contributed by atoms with Crippen LogP contribution >= 0.6 is 35.6 Å². The van der Waals surface area contributed by atoms with Crippen LogP contribution in [0.15, 0.2) is 53.5 Å². The van der Waals surface area contributed by atoms with Crippen LogP contribution in [0.2, 0.25) is 5.02 Å². The van der Waals surface area contributed by atoms with E-state index in [0.29, 0.717) is 41.9 Å². The highest BCUT2D eigenvalue weighted by Gasteiger charge is 2.06. The molecule has 0 bridgehead atoms. The zero-order valence-electron chi connectivity index (χ0n) is 16.0. The number of aliphatic imine (C=N–C) groups is 1. The molecule has 0 heterocycles. The maximum atomic E-state index is 12.2. The molecule has 1 amide bonds. The van der Waals surface area contributed by atoms with Gasteiger partial charge < -0.3 is 20.7 Å². The Morgan fingerprint density at radius 2 is 1.79 bits per heavy atom. The second-order valence-corrected chi connectivity index (χ2v) is 6.17. The molecule has 152 valence electrons. The molecule has 0 saturated carbocycles. The Morgan fingerprint density at radius 3 is 2.46 bits per heavy atom. The van der Waals surface area contributed by atoms with Gasteiger partial charge in [0, 0.05) is 30.2 Å². The second-order valence-electron chi connectivity index (χ2n) is 5.74. The predicted octanol–water partition coefficient (Wildman–Crippen LogP) is 3.45. The molecule has 0 saturated heterocycles. The first kappa shape index (κ1) is 24.0. The topological polar surface area (TPSA) is 74.8 Å². The number of carbonyl (C=O) groups is 1. The average molecular weight is 517 g/mol. The van der Waals surface area contributed by atoms with E-state index < -0.39 is 0 Å². The van der Waals surface area contributed by atoms with Gasteiger partial charge in [0.15, 0.2) is 5.96 Å². The fourth-order valence-corrected chi connectivity index (χ4v) is 2.45. The molecule has 6 nitrogen and oxygen atoms in total. The lowest BCUT2D eigenvalue weighted by atomic mass is 10.2. The molecule has 0 aliphatic carbocycles. The summed E-state index contributed by atoms with van der Waals surface area (Å²) in [5.74, 6) is 1.21. The minimum absolute atomic E-state index is 0. The Kier molecular flexibility index (Phi) is 11.4. The molecule has 8 heteroatoms. The number of hydrogen-bond acceptors (Lipinski definition) is 3. The standard InChI is InChI=1S/C20H25ClN4O2.HI/c1-3-22-20(25-14-15-7-9-17(21)10-8-15)24-12-11-23-19(26)16-5-4-6-18(13-16)27-2;/h4-10,13H,3,11-12,14H2,1-2H3,(H,23,26)(H2,22,24,25);1H. The highest BCUT2D eigenvalue weighted by atomic mass is 127. The van der Waals surface area contributed by atoms with Crippen molar-refractivity contribution >= 4 is 47.4 Å². The van der Waals surface area contributed by atoms with E-state index in [0.717, 1.165) is 12.1 Å². The smallest absolute Gasteiger partial charge is 0.251 e. The average Bonchev–Trinajstić information content (AvgIpc) is 2.70. The molecule has 28 heavy (non-hydrogen) atoms. The zero-order valence-corrected chi connectivity index (χ0v) is 19.1. The Balaban J connectivity index is 0.00000392. The Labute approximate surface area is 188 Å². The molecule has 0 atom stereocenters. The van der Waals surface area contributed by atoms with Crippen molar-refractivity contribution in [3.8, 4) is 5.75 Å². The molecule has 0 spiro atoms. The fourth-order valence-electron chi connectivity index (χ4n) is 2.33. The van der Waals surface area contributed by atoms with Gasteiger partial charge in [-0.1, -0.05) is 29.8 Å². The summed E-state index contributed by atoms with van der Waals surface area (Å²) in [5, 5.41) is 9.97. The minimum Gasteiger partial charge on any atom is -0.497 e. The zero-order chi connectivity index (χ0) is 19.5. The molecule has 0 fully saturated rings. The number of rotatable bonds is 8. The SMILES string of the molecule is CCNC(=NCc1ccc(Cl)cc1)NCCNC(=O)c1cccc(OC)c1.I. The van der Waals surface area contributed by atoms with Gasteiger partial charge in [0.05, 0.1) is 13.7 Å². The van der Waals surface area contributed by atoms with Gasteiger partial charge in [0.25, 0.3) is 5.91 Å². The first-order chi connectivity index (χ1) is 13.1. The number of nitrogens with one attached hydrogen (secondary N) is 3. The molecule has 0 radical (unpaired) electrons. The molecule has 0 aliphatic heterocycles. The number of hydrogen-bond donors (Lipinski definition) is 3. The van der Waals surface area contributed by atoms with Gasteiger partial charge >= 0.3 is 0 Å². The van der Waals surface area contributed by atoms with Crippen LogP contribution in [-0.4, -0.2) is 38.6 Å². The fraction of sp³-hybridized carbons (Fsp3) is 0.300. The molecule has 0 unspecified atom stereocenters. The molecular weight excluding hydrogens is 491 g/mol. The molecule has 0 aromatic heterocycles. The lowest BCUT2D eigenvalue weighted by molar-refractivity contribution is 0.0954. The van der Waals surface area contributed by atoms with E-state index in [9.17, 15) is 4.79 Å². The van der Waals surface area contributed by atoms with E-state index in [1.807, 2.05) is 31.2 Å². The largest absolute Gasteiger partial charge is 0.497 e. The quantitative estimate of drug-likeness (QED) is 0.217. The van der Waals surface area contributed by atoms with Gasteiger partial charge in [-0.3, -0.25) is 4.79 Å². The van der Waals surface area contributed by atoms with Crippen molar-refractivity contribution in [1.82, 2.24) is 16.0 Å². The van der Waals surface area contributed by atoms with Crippen LogP contribution in [0, 0.1) is 0 Å². The molecule has 3 N–H and O–H groups in total. The predicted molar refractivity (Wildman–Crippen MR) is 125 cm³/mol. The van der Waals surface area contributed by atoms with Crippen LogP contribution in [-0.2, 0) is 6.54 Å². The van der Waals surface area contributed by atoms with Crippen molar-refractivity contribution in [2.24, 2.45) is 4.99 Å². The number of halogens is 2. The van der Waals surface area contributed by atoms with Crippen molar-refractivity contribution in [1.29, 1.82) is 0 Å². The normalized spacial score (nSPS) is 10.6. The van der Waals surface area contributed by atoms with Gasteiger partial charge in [-0.2, -0.15) is 0 Å². The Hall–Kier alpha value is -2.00. The summed E-state index contributed by atoms with van der Waals surface area (Å²) in [4.78, 5) is 16.7. The second kappa shape index (κ2) is 13.2. The van der Waals surface area contributed by atoms with Crippen molar-refractivity contribution in [2.45, 2.75) is 13.5 Å².